The average Bonchev–Trinajstić information content (AvgIpc) is 2.97. The summed E-state index contributed by atoms with van der Waals surface area (Å²) in [4.78, 5) is 41.7. The summed E-state index contributed by atoms with van der Waals surface area (Å²) in [5.41, 5.74) is 1.62. The quantitative estimate of drug-likeness (QED) is 0.288. The van der Waals surface area contributed by atoms with Gasteiger partial charge in [-0.25, -0.2) is 9.18 Å². The second kappa shape index (κ2) is 12.2. The van der Waals surface area contributed by atoms with E-state index in [-0.39, 0.29) is 24.4 Å². The maximum Gasteiger partial charge on any atom is 0.349 e. The Bertz CT molecular complexity index is 1660. The van der Waals surface area contributed by atoms with Crippen molar-refractivity contribution >= 4 is 22.8 Å². The third-order valence-electron chi connectivity index (χ3n) is 7.19. The van der Waals surface area contributed by atoms with E-state index in [1.54, 1.807) is 47.4 Å². The van der Waals surface area contributed by atoms with E-state index < -0.39 is 29.5 Å². The molecule has 1 heterocycles. The summed E-state index contributed by atoms with van der Waals surface area (Å²) in [7, 11) is 0. The van der Waals surface area contributed by atoms with Crippen LogP contribution in [0.5, 0.6) is 5.75 Å². The highest BCUT2D eigenvalue weighted by Gasteiger charge is 2.35. The molecule has 0 saturated heterocycles. The van der Waals surface area contributed by atoms with E-state index in [0.29, 0.717) is 40.8 Å². The van der Waals surface area contributed by atoms with Crippen LogP contribution in [-0.4, -0.2) is 35.4 Å². The van der Waals surface area contributed by atoms with Crippen molar-refractivity contribution < 1.29 is 23.1 Å². The highest BCUT2D eigenvalue weighted by Crippen LogP contribution is 2.30. The number of para-hydroxylation sites is 2. The zero-order chi connectivity index (χ0) is 28.9. The second-order valence-corrected chi connectivity index (χ2v) is 10.1. The number of carbonyl (C=O) groups excluding carboxylic acids is 2. The number of carbonyl (C=O) groups is 2. The molecule has 1 N–H and O–H groups in total. The first-order valence-electron chi connectivity index (χ1n) is 13.6. The van der Waals surface area contributed by atoms with Crippen molar-refractivity contribution in [3.63, 3.8) is 0 Å². The van der Waals surface area contributed by atoms with Gasteiger partial charge in [0.25, 0.3) is 5.91 Å². The third-order valence-corrected chi connectivity index (χ3v) is 7.19. The van der Waals surface area contributed by atoms with E-state index in [4.69, 9.17) is 9.15 Å². The molecule has 1 aliphatic rings. The number of nitrogens with zero attached hydrogens (tertiary/aromatic N) is 1. The van der Waals surface area contributed by atoms with E-state index in [0.717, 1.165) is 5.56 Å². The first-order chi connectivity index (χ1) is 19.8. The summed E-state index contributed by atoms with van der Waals surface area (Å²) >= 11 is 0. The lowest BCUT2D eigenvalue weighted by Gasteiger charge is -2.37. The number of likely N-dealkylation sites (N-methyl/N-ethyl adjacent to an activating group) is 1. The van der Waals surface area contributed by atoms with Gasteiger partial charge in [0.2, 0.25) is 5.91 Å². The van der Waals surface area contributed by atoms with Crippen molar-refractivity contribution in [1.29, 1.82) is 0 Å². The van der Waals surface area contributed by atoms with E-state index in [2.05, 4.69) is 5.32 Å². The van der Waals surface area contributed by atoms with Gasteiger partial charge >= 0.3 is 5.63 Å². The monoisotopic (exact) mass is 554 g/mol. The summed E-state index contributed by atoms with van der Waals surface area (Å²) in [6, 6.07) is 21.5. The smallest absolute Gasteiger partial charge is 0.349 e. The second-order valence-electron chi connectivity index (χ2n) is 10.1. The highest BCUT2D eigenvalue weighted by molar-refractivity contribution is 5.97. The lowest BCUT2D eigenvalue weighted by atomic mass is 9.90. The van der Waals surface area contributed by atoms with Gasteiger partial charge in [-0.15, -0.1) is 0 Å². The van der Waals surface area contributed by atoms with E-state index in [1.165, 1.54) is 18.2 Å². The van der Waals surface area contributed by atoms with Crippen LogP contribution in [-0.2, 0) is 11.3 Å². The van der Waals surface area contributed by atoms with Crippen LogP contribution in [0.1, 0.15) is 41.3 Å². The molecular weight excluding hydrogens is 523 g/mol. The minimum atomic E-state index is -0.749. The number of nitrogens with one attached hydrogen (secondary N) is 1. The molecule has 7 nitrogen and oxygen atoms in total. The van der Waals surface area contributed by atoms with Crippen LogP contribution in [0, 0.1) is 12.7 Å². The summed E-state index contributed by atoms with van der Waals surface area (Å²) in [6.07, 6.45) is 1.93. The SMILES string of the molecule is CCNC(=O)C1=CC(Oc2ccccc2C)CC(N(Cc2ccc(F)cc2)C(=O)c2cc3ccccc3oc2=O)C1. The van der Waals surface area contributed by atoms with Gasteiger partial charge in [-0.1, -0.05) is 48.5 Å². The molecule has 0 saturated carbocycles. The Morgan fingerprint density at radius 1 is 1.05 bits per heavy atom. The van der Waals surface area contributed by atoms with Gasteiger partial charge in [-0.05, 0) is 67.8 Å². The molecule has 2 atom stereocenters. The van der Waals surface area contributed by atoms with Crippen molar-refractivity contribution in [2.45, 2.75) is 45.4 Å². The van der Waals surface area contributed by atoms with Gasteiger partial charge in [0.1, 0.15) is 28.8 Å². The number of halogens is 1. The number of rotatable bonds is 8. The Labute approximate surface area is 237 Å². The van der Waals surface area contributed by atoms with Gasteiger partial charge in [-0.2, -0.15) is 0 Å². The Morgan fingerprint density at radius 3 is 2.54 bits per heavy atom. The summed E-state index contributed by atoms with van der Waals surface area (Å²) in [6.45, 7) is 4.31. The molecule has 210 valence electrons. The van der Waals surface area contributed by atoms with Gasteiger partial charge in [-0.3, -0.25) is 9.59 Å². The fraction of sp³-hybridized carbons (Fsp3) is 0.242. The van der Waals surface area contributed by atoms with Gasteiger partial charge in [0.15, 0.2) is 0 Å². The number of hydrogen-bond donors (Lipinski definition) is 1. The van der Waals surface area contributed by atoms with Crippen LogP contribution < -0.4 is 15.7 Å². The highest BCUT2D eigenvalue weighted by atomic mass is 19.1. The van der Waals surface area contributed by atoms with E-state index >= 15 is 0 Å². The number of amides is 2. The molecule has 2 unspecified atom stereocenters. The van der Waals surface area contributed by atoms with Crippen LogP contribution in [0.2, 0.25) is 0 Å². The molecule has 8 heteroatoms. The fourth-order valence-electron chi connectivity index (χ4n) is 5.10. The molecule has 0 bridgehead atoms. The molecule has 0 spiro atoms. The van der Waals surface area contributed by atoms with Gasteiger partial charge in [0, 0.05) is 36.5 Å². The first-order valence-corrected chi connectivity index (χ1v) is 13.6. The number of aryl methyl sites for hydroxylation is 1. The minimum absolute atomic E-state index is 0.0931. The summed E-state index contributed by atoms with van der Waals surface area (Å²) < 4.78 is 25.5. The lowest BCUT2D eigenvalue weighted by Crippen LogP contribution is -2.46. The van der Waals surface area contributed by atoms with Crippen molar-refractivity contribution in [3.8, 4) is 5.75 Å². The maximum absolute atomic E-state index is 14.1. The average molecular weight is 555 g/mol. The van der Waals surface area contributed by atoms with Crippen molar-refractivity contribution in [1.82, 2.24) is 10.2 Å². The first kappa shape index (κ1) is 27.8. The predicted octanol–water partition coefficient (Wildman–Crippen LogP) is 5.56. The molecule has 5 rings (SSSR count). The molecule has 3 aromatic carbocycles. The molecule has 0 fully saturated rings. The van der Waals surface area contributed by atoms with Crippen LogP contribution >= 0.6 is 0 Å². The Morgan fingerprint density at radius 2 is 1.78 bits per heavy atom. The van der Waals surface area contributed by atoms with Crippen LogP contribution in [0.25, 0.3) is 11.0 Å². The Hall–Kier alpha value is -4.72. The summed E-state index contributed by atoms with van der Waals surface area (Å²) in [5.74, 6) is -0.496. The predicted molar refractivity (Wildman–Crippen MR) is 154 cm³/mol. The molecule has 1 aromatic heterocycles. The van der Waals surface area contributed by atoms with Crippen LogP contribution in [0.4, 0.5) is 4.39 Å². The number of hydrogen-bond acceptors (Lipinski definition) is 5. The zero-order valence-corrected chi connectivity index (χ0v) is 22.9. The minimum Gasteiger partial charge on any atom is -0.486 e. The molecule has 0 aliphatic heterocycles. The molecule has 41 heavy (non-hydrogen) atoms. The van der Waals surface area contributed by atoms with Gasteiger partial charge < -0.3 is 19.4 Å². The number of ether oxygens (including phenoxy) is 1. The molecular formula is C33H31FN2O5. The number of benzene rings is 3. The molecule has 2 amide bonds. The van der Waals surface area contributed by atoms with Gasteiger partial charge in [0.05, 0.1) is 0 Å². The summed E-state index contributed by atoms with van der Waals surface area (Å²) in [5, 5.41) is 3.46. The standard InChI is InChI=1S/C33H31FN2O5/c1-3-35-31(37)24-16-26(19-27(17-24)40-29-10-6-4-8-21(29)2)36(20-22-12-14-25(34)15-13-22)32(38)28-18-23-9-5-7-11-30(23)41-33(28)39/h4-15,17-18,26-27H,3,16,19-20H2,1-2H3,(H,35,37). The van der Waals surface area contributed by atoms with Crippen LogP contribution in [0.15, 0.2) is 99.7 Å². The fourth-order valence-corrected chi connectivity index (χ4v) is 5.10. The van der Waals surface area contributed by atoms with Crippen LogP contribution in [0.3, 0.4) is 0 Å². The normalized spacial score (nSPS) is 16.6. The molecule has 4 aromatic rings. The van der Waals surface area contributed by atoms with E-state index in [1.807, 2.05) is 38.1 Å². The lowest BCUT2D eigenvalue weighted by molar-refractivity contribution is -0.117. The van der Waals surface area contributed by atoms with Crippen molar-refractivity contribution in [2.24, 2.45) is 0 Å². The topological polar surface area (TPSA) is 88.8 Å². The maximum atomic E-state index is 14.1. The third kappa shape index (κ3) is 6.38. The Kier molecular flexibility index (Phi) is 8.29. The van der Waals surface area contributed by atoms with Crippen molar-refractivity contribution in [2.75, 3.05) is 6.54 Å². The molecule has 0 radical (unpaired) electrons. The Balaban J connectivity index is 1.54. The number of fused-ring (bicyclic) bond motifs is 1. The van der Waals surface area contributed by atoms with E-state index in [9.17, 15) is 18.8 Å². The molecule has 1 aliphatic carbocycles. The largest absolute Gasteiger partial charge is 0.486 e. The van der Waals surface area contributed by atoms with Crippen molar-refractivity contribution in [3.05, 3.63) is 123 Å². The zero-order valence-electron chi connectivity index (χ0n) is 22.9.